The molecular formula is C19H23ClN4O2. The van der Waals surface area contributed by atoms with Crippen molar-refractivity contribution in [1.82, 2.24) is 20.5 Å². The Labute approximate surface area is 158 Å². The number of pyridine rings is 1. The molecule has 0 aliphatic heterocycles. The van der Waals surface area contributed by atoms with Crippen molar-refractivity contribution in [3.05, 3.63) is 64.4 Å². The molecule has 138 valence electrons. The zero-order valence-corrected chi connectivity index (χ0v) is 15.7. The quantitative estimate of drug-likeness (QED) is 0.741. The van der Waals surface area contributed by atoms with Gasteiger partial charge in [0.1, 0.15) is 5.69 Å². The molecule has 26 heavy (non-hydrogen) atoms. The molecule has 0 unspecified atom stereocenters. The fourth-order valence-corrected chi connectivity index (χ4v) is 2.51. The van der Waals surface area contributed by atoms with Crippen LogP contribution in [0.5, 0.6) is 0 Å². The molecule has 2 rings (SSSR count). The molecule has 2 aromatic rings. The number of amides is 2. The van der Waals surface area contributed by atoms with E-state index >= 15 is 0 Å². The molecule has 0 aliphatic carbocycles. The van der Waals surface area contributed by atoms with Crippen LogP contribution in [0.2, 0.25) is 5.02 Å². The van der Waals surface area contributed by atoms with Crippen LogP contribution in [0, 0.1) is 0 Å². The van der Waals surface area contributed by atoms with Gasteiger partial charge in [-0.15, -0.1) is 0 Å². The van der Waals surface area contributed by atoms with Gasteiger partial charge in [0, 0.05) is 36.4 Å². The maximum atomic E-state index is 12.3. The van der Waals surface area contributed by atoms with Crippen molar-refractivity contribution >= 4 is 23.4 Å². The van der Waals surface area contributed by atoms with Gasteiger partial charge in [-0.25, -0.2) is 0 Å². The Morgan fingerprint density at radius 1 is 1.08 bits per heavy atom. The number of carbonyl (C=O) groups is 2. The zero-order chi connectivity index (χ0) is 18.9. The summed E-state index contributed by atoms with van der Waals surface area (Å²) >= 11 is 5.95. The number of carbonyl (C=O) groups excluding carboxylic acids is 2. The summed E-state index contributed by atoms with van der Waals surface area (Å²) in [6.45, 7) is 1.73. The van der Waals surface area contributed by atoms with Crippen molar-refractivity contribution in [1.29, 1.82) is 0 Å². The molecule has 2 amide bonds. The van der Waals surface area contributed by atoms with Crippen LogP contribution < -0.4 is 10.6 Å². The minimum Gasteiger partial charge on any atom is -0.352 e. The smallest absolute Gasteiger partial charge is 0.269 e. The summed E-state index contributed by atoms with van der Waals surface area (Å²) in [6, 6.07) is 10.6. The molecule has 7 heteroatoms. The first-order valence-electron chi connectivity index (χ1n) is 8.37. The predicted molar refractivity (Wildman–Crippen MR) is 103 cm³/mol. The van der Waals surface area contributed by atoms with Gasteiger partial charge in [-0.1, -0.05) is 23.7 Å². The van der Waals surface area contributed by atoms with E-state index in [1.165, 1.54) is 12.3 Å². The van der Waals surface area contributed by atoms with Gasteiger partial charge in [0.2, 0.25) is 0 Å². The van der Waals surface area contributed by atoms with Gasteiger partial charge in [-0.2, -0.15) is 0 Å². The van der Waals surface area contributed by atoms with Crippen molar-refractivity contribution < 1.29 is 9.59 Å². The average molecular weight is 375 g/mol. The Balaban J connectivity index is 1.87. The Morgan fingerprint density at radius 2 is 1.85 bits per heavy atom. The first kappa shape index (κ1) is 19.9. The van der Waals surface area contributed by atoms with E-state index in [9.17, 15) is 9.59 Å². The summed E-state index contributed by atoms with van der Waals surface area (Å²) in [4.78, 5) is 30.4. The number of hydrogen-bond acceptors (Lipinski definition) is 4. The van der Waals surface area contributed by atoms with Gasteiger partial charge >= 0.3 is 0 Å². The van der Waals surface area contributed by atoms with Crippen LogP contribution in [-0.4, -0.2) is 55.4 Å². The summed E-state index contributed by atoms with van der Waals surface area (Å²) in [6.07, 6.45) is 2.14. The summed E-state index contributed by atoms with van der Waals surface area (Å²) in [5.41, 5.74) is 1.68. The Morgan fingerprint density at radius 3 is 2.58 bits per heavy atom. The number of halogens is 1. The molecule has 1 aromatic heterocycles. The molecule has 0 fully saturated rings. The first-order valence-corrected chi connectivity index (χ1v) is 8.75. The number of rotatable bonds is 8. The highest BCUT2D eigenvalue weighted by Gasteiger charge is 2.11. The van der Waals surface area contributed by atoms with Gasteiger partial charge < -0.3 is 15.5 Å². The van der Waals surface area contributed by atoms with Gasteiger partial charge in [-0.3, -0.25) is 14.6 Å². The number of aromatic nitrogens is 1. The molecule has 0 radical (unpaired) electrons. The standard InChI is InChI=1S/C19H23ClN4O2/c1-24(2)11-10-23-19(26)17-13-15(7-9-21-17)18(25)22-8-6-14-4-3-5-16(20)12-14/h3-5,7,9,12-13H,6,8,10-11H2,1-2H3,(H,22,25)(H,23,26). The molecule has 0 saturated heterocycles. The lowest BCUT2D eigenvalue weighted by atomic mass is 10.1. The monoisotopic (exact) mass is 374 g/mol. The number of benzene rings is 1. The molecule has 2 N–H and O–H groups in total. The molecule has 1 aromatic carbocycles. The molecule has 1 heterocycles. The second-order valence-corrected chi connectivity index (χ2v) is 6.56. The lowest BCUT2D eigenvalue weighted by Gasteiger charge is -2.10. The van der Waals surface area contributed by atoms with Crippen molar-refractivity contribution in [3.8, 4) is 0 Å². The number of nitrogens with zero attached hydrogens (tertiary/aromatic N) is 2. The van der Waals surface area contributed by atoms with E-state index in [4.69, 9.17) is 11.6 Å². The highest BCUT2D eigenvalue weighted by molar-refractivity contribution is 6.30. The molecule has 0 saturated carbocycles. The molecule has 0 spiro atoms. The summed E-state index contributed by atoms with van der Waals surface area (Å²) < 4.78 is 0. The van der Waals surface area contributed by atoms with E-state index in [-0.39, 0.29) is 17.5 Å². The lowest BCUT2D eigenvalue weighted by molar-refractivity contribution is 0.0946. The van der Waals surface area contributed by atoms with Crippen LogP contribution in [0.1, 0.15) is 26.4 Å². The van der Waals surface area contributed by atoms with Crippen molar-refractivity contribution in [2.45, 2.75) is 6.42 Å². The van der Waals surface area contributed by atoms with Gasteiger partial charge in [0.15, 0.2) is 0 Å². The van der Waals surface area contributed by atoms with Crippen molar-refractivity contribution in [3.63, 3.8) is 0 Å². The third-order valence-electron chi connectivity index (χ3n) is 3.69. The molecule has 0 aliphatic rings. The minimum absolute atomic E-state index is 0.228. The van der Waals surface area contributed by atoms with E-state index in [1.54, 1.807) is 6.07 Å². The van der Waals surface area contributed by atoms with Crippen molar-refractivity contribution in [2.75, 3.05) is 33.7 Å². The van der Waals surface area contributed by atoms with Crippen LogP contribution in [0.3, 0.4) is 0 Å². The molecular weight excluding hydrogens is 352 g/mol. The van der Waals surface area contributed by atoms with Crippen LogP contribution in [0.4, 0.5) is 0 Å². The third-order valence-corrected chi connectivity index (χ3v) is 3.92. The normalized spacial score (nSPS) is 10.6. The van der Waals surface area contributed by atoms with Gasteiger partial charge in [0.25, 0.3) is 11.8 Å². The Hall–Kier alpha value is -2.44. The summed E-state index contributed by atoms with van der Waals surface area (Å²) in [5.74, 6) is -0.530. The van der Waals surface area contributed by atoms with Crippen LogP contribution in [-0.2, 0) is 6.42 Å². The fourth-order valence-electron chi connectivity index (χ4n) is 2.29. The summed E-state index contributed by atoms with van der Waals surface area (Å²) in [5, 5.41) is 6.30. The third kappa shape index (κ3) is 6.46. The highest BCUT2D eigenvalue weighted by atomic mass is 35.5. The van der Waals surface area contributed by atoms with Crippen LogP contribution in [0.25, 0.3) is 0 Å². The van der Waals surface area contributed by atoms with E-state index in [0.717, 1.165) is 12.1 Å². The second-order valence-electron chi connectivity index (χ2n) is 6.12. The first-order chi connectivity index (χ1) is 12.5. The SMILES string of the molecule is CN(C)CCNC(=O)c1cc(C(=O)NCCc2cccc(Cl)c2)ccn1. The largest absolute Gasteiger partial charge is 0.352 e. The van der Waals surface area contributed by atoms with E-state index < -0.39 is 0 Å². The molecule has 0 atom stereocenters. The van der Waals surface area contributed by atoms with Crippen LogP contribution in [0.15, 0.2) is 42.6 Å². The zero-order valence-electron chi connectivity index (χ0n) is 15.0. The van der Waals surface area contributed by atoms with Crippen molar-refractivity contribution in [2.24, 2.45) is 0 Å². The van der Waals surface area contributed by atoms with E-state index in [0.29, 0.717) is 30.1 Å². The molecule has 6 nitrogen and oxygen atoms in total. The topological polar surface area (TPSA) is 74.3 Å². The van der Waals surface area contributed by atoms with Gasteiger partial charge in [0.05, 0.1) is 0 Å². The minimum atomic E-state index is -0.291. The Kier molecular flexibility index (Phi) is 7.56. The molecule has 0 bridgehead atoms. The maximum absolute atomic E-state index is 12.3. The second kappa shape index (κ2) is 9.89. The summed E-state index contributed by atoms with van der Waals surface area (Å²) in [7, 11) is 3.86. The van der Waals surface area contributed by atoms with Crippen LogP contribution >= 0.6 is 11.6 Å². The maximum Gasteiger partial charge on any atom is 0.269 e. The lowest BCUT2D eigenvalue weighted by Crippen LogP contribution is -2.32. The van der Waals surface area contributed by atoms with Gasteiger partial charge in [-0.05, 0) is 50.3 Å². The average Bonchev–Trinajstić information content (AvgIpc) is 2.61. The predicted octanol–water partition coefficient (Wildman–Crippen LogP) is 2.00. The van der Waals surface area contributed by atoms with E-state index in [2.05, 4.69) is 15.6 Å². The van der Waals surface area contributed by atoms with E-state index in [1.807, 2.05) is 43.3 Å². The highest BCUT2D eigenvalue weighted by Crippen LogP contribution is 2.10. The fraction of sp³-hybridized carbons (Fsp3) is 0.316. The number of likely N-dealkylation sites (N-methyl/N-ethyl adjacent to an activating group) is 1. The number of hydrogen-bond donors (Lipinski definition) is 2. The number of nitrogens with one attached hydrogen (secondary N) is 2. The Bertz CT molecular complexity index is 765.